The minimum Gasteiger partial charge on any atom is -0.475 e. The summed E-state index contributed by atoms with van der Waals surface area (Å²) in [7, 11) is 0. The lowest BCUT2D eigenvalue weighted by atomic mass is 10.1. The van der Waals surface area contributed by atoms with Crippen molar-refractivity contribution in [1.29, 1.82) is 5.26 Å². The highest BCUT2D eigenvalue weighted by atomic mass is 19.4. The molecule has 0 fully saturated rings. The minimum absolute atomic E-state index is 0.100. The minimum atomic E-state index is -5.08. The van der Waals surface area contributed by atoms with E-state index in [0.717, 1.165) is 12.0 Å². The monoisotopic (exact) mass is 318 g/mol. The second kappa shape index (κ2) is 6.38. The molecule has 1 aromatic rings. The zero-order chi connectivity index (χ0) is 17.1. The van der Waals surface area contributed by atoms with Crippen LogP contribution in [0.2, 0.25) is 0 Å². The number of aromatic nitrogens is 1. The van der Waals surface area contributed by atoms with Gasteiger partial charge >= 0.3 is 12.1 Å². The van der Waals surface area contributed by atoms with Crippen LogP contribution < -0.4 is 16.2 Å². The van der Waals surface area contributed by atoms with Crippen LogP contribution in [0.1, 0.15) is 24.5 Å². The Hall–Kier alpha value is -2.70. The van der Waals surface area contributed by atoms with Crippen molar-refractivity contribution in [3.63, 3.8) is 0 Å². The molecule has 0 saturated heterocycles. The maximum Gasteiger partial charge on any atom is 0.490 e. The van der Waals surface area contributed by atoms with Crippen LogP contribution in [0.25, 0.3) is 0 Å². The number of nitriles is 1. The smallest absolute Gasteiger partial charge is 0.475 e. The third-order valence-corrected chi connectivity index (χ3v) is 2.85. The van der Waals surface area contributed by atoms with Crippen LogP contribution in [0.3, 0.4) is 0 Å². The Morgan fingerprint density at radius 1 is 1.55 bits per heavy atom. The normalized spacial score (nSPS) is 15.9. The van der Waals surface area contributed by atoms with Gasteiger partial charge in [-0.3, -0.25) is 0 Å². The molecule has 0 saturated carbocycles. The van der Waals surface area contributed by atoms with Crippen molar-refractivity contribution in [3.05, 3.63) is 11.1 Å². The first-order valence-corrected chi connectivity index (χ1v) is 6.06. The van der Waals surface area contributed by atoms with Crippen molar-refractivity contribution < 1.29 is 27.8 Å². The number of ether oxygens (including phenoxy) is 1. The molecule has 2 heterocycles. The number of fused-ring (bicyclic) bond motifs is 1. The summed E-state index contributed by atoms with van der Waals surface area (Å²) in [5.41, 5.74) is 12.9. The van der Waals surface area contributed by atoms with Gasteiger partial charge in [-0.25, -0.2) is 4.79 Å². The summed E-state index contributed by atoms with van der Waals surface area (Å²) in [5.74, 6) is -2.13. The van der Waals surface area contributed by atoms with Crippen molar-refractivity contribution in [2.75, 3.05) is 11.5 Å². The fourth-order valence-electron chi connectivity index (χ4n) is 1.70. The van der Waals surface area contributed by atoms with Gasteiger partial charge < -0.3 is 21.3 Å². The number of nitrogens with zero attached hydrogens (tertiary/aromatic N) is 2. The van der Waals surface area contributed by atoms with Gasteiger partial charge in [-0.05, 0) is 6.42 Å². The average Bonchev–Trinajstić information content (AvgIpc) is 2.82. The molecule has 0 aromatic carbocycles. The van der Waals surface area contributed by atoms with Crippen LogP contribution in [0.4, 0.5) is 24.7 Å². The number of rotatable bonds is 1. The molecular weight excluding hydrogens is 305 g/mol. The fraction of sp³-hybridized carbons (Fsp3) is 0.417. The Morgan fingerprint density at radius 2 is 2.09 bits per heavy atom. The molecule has 1 atom stereocenters. The number of pyridine rings is 1. The molecule has 0 aliphatic carbocycles. The number of carbonyl (C=O) groups is 1. The van der Waals surface area contributed by atoms with Gasteiger partial charge in [0.05, 0.1) is 5.69 Å². The van der Waals surface area contributed by atoms with E-state index in [1.165, 1.54) is 0 Å². The van der Waals surface area contributed by atoms with Gasteiger partial charge in [0, 0.05) is 12.0 Å². The molecule has 0 radical (unpaired) electrons. The van der Waals surface area contributed by atoms with E-state index in [9.17, 15) is 13.2 Å². The van der Waals surface area contributed by atoms with Crippen molar-refractivity contribution in [1.82, 2.24) is 4.98 Å². The lowest BCUT2D eigenvalue weighted by Gasteiger charge is -2.06. The van der Waals surface area contributed by atoms with Gasteiger partial charge in [0.25, 0.3) is 0 Å². The van der Waals surface area contributed by atoms with Gasteiger partial charge in [-0.1, -0.05) is 6.92 Å². The quantitative estimate of drug-likeness (QED) is 0.713. The summed E-state index contributed by atoms with van der Waals surface area (Å²) in [4.78, 5) is 12.9. The summed E-state index contributed by atoms with van der Waals surface area (Å²) >= 11 is 0. The molecule has 0 bridgehead atoms. The first kappa shape index (κ1) is 17.4. The first-order chi connectivity index (χ1) is 10.1. The van der Waals surface area contributed by atoms with E-state index in [2.05, 4.69) is 4.98 Å². The summed E-state index contributed by atoms with van der Waals surface area (Å²) in [6.07, 6.45) is -3.39. The number of halogens is 3. The number of carboxylic acid groups (broad SMARTS) is 1. The van der Waals surface area contributed by atoms with E-state index in [4.69, 9.17) is 31.4 Å². The Balaban J connectivity index is 0.000000295. The molecule has 120 valence electrons. The van der Waals surface area contributed by atoms with Crippen molar-refractivity contribution >= 4 is 17.5 Å². The Bertz CT molecular complexity index is 626. The third-order valence-electron chi connectivity index (χ3n) is 2.85. The molecule has 5 N–H and O–H groups in total. The topological polar surface area (TPSA) is 135 Å². The number of carboxylic acids is 1. The number of anilines is 2. The number of nitrogen functional groups attached to an aromatic ring is 2. The van der Waals surface area contributed by atoms with E-state index in [-0.39, 0.29) is 17.5 Å². The van der Waals surface area contributed by atoms with Gasteiger partial charge in [0.2, 0.25) is 5.88 Å². The standard InChI is InChI=1S/C10H12N4O.C2HF3O2/c1-2-5-3-6-8(12)7(4-11)9(13)14-10(6)15-5;3-2(4,5)1(6)7/h5H,2-3H2,1H3,(H4,12,13,14);(H,6,7). The van der Waals surface area contributed by atoms with E-state index in [1.807, 2.05) is 13.0 Å². The highest BCUT2D eigenvalue weighted by molar-refractivity contribution is 5.73. The van der Waals surface area contributed by atoms with Crippen molar-refractivity contribution in [2.45, 2.75) is 32.0 Å². The van der Waals surface area contributed by atoms with E-state index < -0.39 is 12.1 Å². The van der Waals surface area contributed by atoms with Crippen LogP contribution in [0, 0.1) is 11.3 Å². The largest absolute Gasteiger partial charge is 0.490 e. The zero-order valence-electron chi connectivity index (χ0n) is 11.4. The predicted molar refractivity (Wildman–Crippen MR) is 69.9 cm³/mol. The van der Waals surface area contributed by atoms with Gasteiger partial charge in [0.1, 0.15) is 23.6 Å². The van der Waals surface area contributed by atoms with Gasteiger partial charge in [-0.15, -0.1) is 0 Å². The first-order valence-electron chi connectivity index (χ1n) is 6.06. The van der Waals surface area contributed by atoms with Crippen LogP contribution >= 0.6 is 0 Å². The third kappa shape index (κ3) is 3.69. The highest BCUT2D eigenvalue weighted by Gasteiger charge is 2.38. The molecular formula is C12H13F3N4O3. The number of hydrogen-bond donors (Lipinski definition) is 3. The van der Waals surface area contributed by atoms with Crippen LogP contribution in [0.5, 0.6) is 5.88 Å². The van der Waals surface area contributed by atoms with Gasteiger partial charge in [0.15, 0.2) is 0 Å². The molecule has 10 heteroatoms. The summed E-state index contributed by atoms with van der Waals surface area (Å²) in [6.45, 7) is 2.03. The lowest BCUT2D eigenvalue weighted by Crippen LogP contribution is -2.21. The summed E-state index contributed by atoms with van der Waals surface area (Å²) in [5, 5.41) is 16.0. The SMILES string of the molecule is CCC1Cc2c(nc(N)c(C#N)c2N)O1.O=C(O)C(F)(F)F. The maximum atomic E-state index is 10.6. The lowest BCUT2D eigenvalue weighted by molar-refractivity contribution is -0.192. The van der Waals surface area contributed by atoms with Crippen LogP contribution in [0.15, 0.2) is 0 Å². The summed E-state index contributed by atoms with van der Waals surface area (Å²) < 4.78 is 37.3. The predicted octanol–water partition coefficient (Wildman–Crippen LogP) is 1.46. The van der Waals surface area contributed by atoms with Crippen LogP contribution in [-0.2, 0) is 11.2 Å². The average molecular weight is 318 g/mol. The second-order valence-corrected chi connectivity index (χ2v) is 4.34. The zero-order valence-corrected chi connectivity index (χ0v) is 11.4. The number of aliphatic carboxylic acids is 1. The number of hydrogen-bond acceptors (Lipinski definition) is 6. The highest BCUT2D eigenvalue weighted by Crippen LogP contribution is 2.36. The molecule has 1 unspecified atom stereocenters. The van der Waals surface area contributed by atoms with E-state index in [0.29, 0.717) is 18.0 Å². The molecule has 7 nitrogen and oxygen atoms in total. The molecule has 1 aromatic heterocycles. The number of alkyl halides is 3. The Kier molecular flexibility index (Phi) is 5.03. The molecule has 0 spiro atoms. The van der Waals surface area contributed by atoms with E-state index >= 15 is 0 Å². The molecule has 0 amide bonds. The summed E-state index contributed by atoms with van der Waals surface area (Å²) in [6, 6.07) is 1.96. The Labute approximate surface area is 123 Å². The number of nitrogens with two attached hydrogens (primary N) is 2. The Morgan fingerprint density at radius 3 is 2.50 bits per heavy atom. The van der Waals surface area contributed by atoms with E-state index in [1.54, 1.807) is 0 Å². The second-order valence-electron chi connectivity index (χ2n) is 4.34. The van der Waals surface area contributed by atoms with Gasteiger partial charge in [-0.2, -0.15) is 23.4 Å². The molecule has 1 aliphatic heterocycles. The molecule has 22 heavy (non-hydrogen) atoms. The van der Waals surface area contributed by atoms with Crippen molar-refractivity contribution in [2.24, 2.45) is 0 Å². The molecule has 1 aliphatic rings. The maximum absolute atomic E-state index is 10.6. The van der Waals surface area contributed by atoms with Crippen LogP contribution in [-0.4, -0.2) is 28.3 Å². The fourth-order valence-corrected chi connectivity index (χ4v) is 1.70. The molecule has 2 rings (SSSR count). The van der Waals surface area contributed by atoms with Crippen molar-refractivity contribution in [3.8, 4) is 11.9 Å².